The molecule has 17 heavy (non-hydrogen) atoms. The molecule has 0 unspecified atom stereocenters. The molecule has 0 aliphatic rings. The summed E-state index contributed by atoms with van der Waals surface area (Å²) in [5.41, 5.74) is 2.82. The van der Waals surface area contributed by atoms with Crippen molar-refractivity contribution in [3.05, 3.63) is 58.1 Å². The van der Waals surface area contributed by atoms with Gasteiger partial charge in [-0.15, -0.1) is 0 Å². The minimum atomic E-state index is 0.475. The third kappa shape index (κ3) is 2.20. The number of halogens is 1. The monoisotopic (exact) mass is 282 g/mol. The second-order valence-electron chi connectivity index (χ2n) is 3.47. The molecule has 0 atom stereocenters. The fourth-order valence-corrected chi connectivity index (χ4v) is 1.99. The van der Waals surface area contributed by atoms with Crippen LogP contribution in [0.15, 0.2) is 46.9 Å². The summed E-state index contributed by atoms with van der Waals surface area (Å²) in [6.07, 6.45) is 0. The zero-order valence-electron chi connectivity index (χ0n) is 8.81. The maximum absolute atomic E-state index is 9.02. The van der Waals surface area contributed by atoms with E-state index in [0.29, 0.717) is 15.6 Å². The Morgan fingerprint density at radius 3 is 1.82 bits per heavy atom. The van der Waals surface area contributed by atoms with Crippen molar-refractivity contribution >= 4 is 15.9 Å². The Morgan fingerprint density at radius 2 is 1.35 bits per heavy atom. The van der Waals surface area contributed by atoms with Gasteiger partial charge in [-0.2, -0.15) is 10.5 Å². The van der Waals surface area contributed by atoms with Gasteiger partial charge in [0.2, 0.25) is 0 Å². The van der Waals surface area contributed by atoms with E-state index in [0.717, 1.165) is 11.1 Å². The predicted octanol–water partition coefficient (Wildman–Crippen LogP) is 3.86. The van der Waals surface area contributed by atoms with Crippen LogP contribution >= 0.6 is 15.9 Å². The first-order chi connectivity index (χ1) is 8.26. The van der Waals surface area contributed by atoms with Crippen LogP contribution in [0.2, 0.25) is 0 Å². The Morgan fingerprint density at radius 1 is 0.824 bits per heavy atom. The summed E-state index contributed by atoms with van der Waals surface area (Å²) in [7, 11) is 0. The average molecular weight is 283 g/mol. The topological polar surface area (TPSA) is 47.6 Å². The minimum absolute atomic E-state index is 0.475. The number of rotatable bonds is 1. The number of benzene rings is 2. The van der Waals surface area contributed by atoms with Crippen LogP contribution < -0.4 is 0 Å². The first-order valence-corrected chi connectivity index (χ1v) is 5.74. The van der Waals surface area contributed by atoms with E-state index in [1.807, 2.05) is 30.3 Å². The minimum Gasteiger partial charge on any atom is -0.192 e. The first-order valence-electron chi connectivity index (χ1n) is 4.95. The fourth-order valence-electron chi connectivity index (χ4n) is 1.58. The molecule has 0 N–H and O–H groups in total. The third-order valence-corrected chi connectivity index (χ3v) is 3.27. The number of hydrogen-bond donors (Lipinski definition) is 0. The smallest absolute Gasteiger partial charge is 0.100 e. The van der Waals surface area contributed by atoms with Gasteiger partial charge in [-0.3, -0.25) is 0 Å². The van der Waals surface area contributed by atoms with Crippen molar-refractivity contribution in [1.82, 2.24) is 0 Å². The molecule has 0 aliphatic heterocycles. The largest absolute Gasteiger partial charge is 0.192 e. The molecular weight excluding hydrogens is 276 g/mol. The van der Waals surface area contributed by atoms with E-state index in [1.165, 1.54) is 0 Å². The molecule has 3 heteroatoms. The standard InChI is InChI=1S/C14H7BrN2/c15-14-12(8-16)6-11(7-13(14)9-17)10-4-2-1-3-5-10/h1-7H. The SMILES string of the molecule is N#Cc1cc(-c2ccccc2)cc(C#N)c1Br. The van der Waals surface area contributed by atoms with Crippen molar-refractivity contribution in [2.45, 2.75) is 0 Å². The van der Waals surface area contributed by atoms with E-state index in [4.69, 9.17) is 10.5 Å². The Bertz CT molecular complexity index is 599. The molecule has 0 saturated heterocycles. The van der Waals surface area contributed by atoms with Crippen molar-refractivity contribution in [3.8, 4) is 23.3 Å². The lowest BCUT2D eigenvalue weighted by Crippen LogP contribution is -1.87. The predicted molar refractivity (Wildman–Crippen MR) is 69.0 cm³/mol. The van der Waals surface area contributed by atoms with Crippen LogP contribution in [0.5, 0.6) is 0 Å². The van der Waals surface area contributed by atoms with E-state index < -0.39 is 0 Å². The van der Waals surface area contributed by atoms with Gasteiger partial charge in [0.25, 0.3) is 0 Å². The lowest BCUT2D eigenvalue weighted by atomic mass is 10.0. The van der Waals surface area contributed by atoms with Crippen LogP contribution in [0.25, 0.3) is 11.1 Å². The lowest BCUT2D eigenvalue weighted by molar-refractivity contribution is 1.42. The Kier molecular flexibility index (Phi) is 3.23. The normalized spacial score (nSPS) is 9.35. The zero-order valence-corrected chi connectivity index (χ0v) is 10.4. The highest BCUT2D eigenvalue weighted by atomic mass is 79.9. The summed E-state index contributed by atoms with van der Waals surface area (Å²) in [5.74, 6) is 0. The van der Waals surface area contributed by atoms with Gasteiger partial charge in [0.05, 0.1) is 15.6 Å². The quantitative estimate of drug-likeness (QED) is 0.797. The molecule has 0 radical (unpaired) electrons. The van der Waals surface area contributed by atoms with Gasteiger partial charge < -0.3 is 0 Å². The van der Waals surface area contributed by atoms with Gasteiger partial charge in [0.1, 0.15) is 12.1 Å². The van der Waals surface area contributed by atoms with Crippen molar-refractivity contribution in [2.24, 2.45) is 0 Å². The number of hydrogen-bond acceptors (Lipinski definition) is 2. The second kappa shape index (κ2) is 4.82. The van der Waals surface area contributed by atoms with E-state index in [1.54, 1.807) is 12.1 Å². The van der Waals surface area contributed by atoms with Gasteiger partial charge in [0, 0.05) is 0 Å². The molecule has 2 nitrogen and oxygen atoms in total. The molecule has 0 fully saturated rings. The molecule has 80 valence electrons. The molecule has 2 aromatic carbocycles. The van der Waals surface area contributed by atoms with Crippen molar-refractivity contribution in [2.75, 3.05) is 0 Å². The van der Waals surface area contributed by atoms with Crippen molar-refractivity contribution in [3.63, 3.8) is 0 Å². The molecule has 2 aromatic rings. The van der Waals surface area contributed by atoms with Gasteiger partial charge >= 0.3 is 0 Å². The lowest BCUT2D eigenvalue weighted by Gasteiger charge is -2.05. The number of nitriles is 2. The molecule has 0 aliphatic carbocycles. The van der Waals surface area contributed by atoms with Crippen LogP contribution in [0.3, 0.4) is 0 Å². The summed E-state index contributed by atoms with van der Waals surface area (Å²) < 4.78 is 0.558. The molecule has 0 heterocycles. The van der Waals surface area contributed by atoms with Gasteiger partial charge in [-0.25, -0.2) is 0 Å². The van der Waals surface area contributed by atoms with Gasteiger partial charge in [-0.1, -0.05) is 30.3 Å². The van der Waals surface area contributed by atoms with Crippen LogP contribution in [-0.2, 0) is 0 Å². The van der Waals surface area contributed by atoms with Crippen LogP contribution in [-0.4, -0.2) is 0 Å². The van der Waals surface area contributed by atoms with E-state index in [-0.39, 0.29) is 0 Å². The fraction of sp³-hybridized carbons (Fsp3) is 0. The molecule has 0 amide bonds. The van der Waals surface area contributed by atoms with Crippen LogP contribution in [0.4, 0.5) is 0 Å². The van der Waals surface area contributed by atoms with Gasteiger partial charge in [0.15, 0.2) is 0 Å². The first kappa shape index (κ1) is 11.4. The van der Waals surface area contributed by atoms with E-state index >= 15 is 0 Å². The van der Waals surface area contributed by atoms with E-state index in [2.05, 4.69) is 28.1 Å². The van der Waals surface area contributed by atoms with Crippen LogP contribution in [0, 0.1) is 22.7 Å². The maximum atomic E-state index is 9.02. The van der Waals surface area contributed by atoms with E-state index in [9.17, 15) is 0 Å². The van der Waals surface area contributed by atoms with Crippen molar-refractivity contribution < 1.29 is 0 Å². The highest BCUT2D eigenvalue weighted by Gasteiger charge is 2.09. The number of nitrogens with zero attached hydrogens (tertiary/aromatic N) is 2. The third-order valence-electron chi connectivity index (χ3n) is 2.42. The summed E-state index contributed by atoms with van der Waals surface area (Å²) in [4.78, 5) is 0. The molecular formula is C14H7BrN2. The maximum Gasteiger partial charge on any atom is 0.100 e. The molecule has 0 aromatic heterocycles. The molecule has 2 rings (SSSR count). The highest BCUT2D eigenvalue weighted by molar-refractivity contribution is 9.10. The summed E-state index contributed by atoms with van der Waals surface area (Å²) in [6.45, 7) is 0. The average Bonchev–Trinajstić information content (AvgIpc) is 2.40. The van der Waals surface area contributed by atoms with Crippen molar-refractivity contribution in [1.29, 1.82) is 10.5 Å². The summed E-state index contributed by atoms with van der Waals surface area (Å²) in [6, 6.07) is 17.4. The summed E-state index contributed by atoms with van der Waals surface area (Å²) >= 11 is 3.26. The Labute approximate surface area is 108 Å². The Balaban J connectivity index is 2.67. The Hall–Kier alpha value is -2.10. The summed E-state index contributed by atoms with van der Waals surface area (Å²) in [5, 5.41) is 18.0. The second-order valence-corrected chi connectivity index (χ2v) is 4.27. The van der Waals surface area contributed by atoms with Gasteiger partial charge in [-0.05, 0) is 39.2 Å². The highest BCUT2D eigenvalue weighted by Crippen LogP contribution is 2.28. The van der Waals surface area contributed by atoms with Crippen LogP contribution in [0.1, 0.15) is 11.1 Å². The molecule has 0 bridgehead atoms. The zero-order chi connectivity index (χ0) is 12.3. The molecule has 0 spiro atoms. The molecule has 0 saturated carbocycles.